The van der Waals surface area contributed by atoms with Gasteiger partial charge in [0, 0.05) is 32.7 Å². The molecule has 0 bridgehead atoms. The summed E-state index contributed by atoms with van der Waals surface area (Å²) in [6.45, 7) is -0.189. The van der Waals surface area contributed by atoms with Gasteiger partial charge < -0.3 is 4.42 Å². The number of rotatable bonds is 3. The molecule has 3 nitrogen and oxygen atoms in total. The molecule has 2 aromatic carbocycles. The predicted octanol–water partition coefficient (Wildman–Crippen LogP) is 5.68. The van der Waals surface area contributed by atoms with Gasteiger partial charge in [-0.1, -0.05) is 36.4 Å². The van der Waals surface area contributed by atoms with Crippen LogP contribution < -0.4 is 4.57 Å². The minimum absolute atomic E-state index is 0.0396. The van der Waals surface area contributed by atoms with Gasteiger partial charge in [-0.15, -0.1) is 0 Å². The van der Waals surface area contributed by atoms with E-state index < -0.39 is 6.85 Å². The molecule has 3 heterocycles. The second-order valence-corrected chi connectivity index (χ2v) is 7.48. The quantitative estimate of drug-likeness (QED) is 0.376. The van der Waals surface area contributed by atoms with E-state index in [2.05, 4.69) is 59.1 Å². The van der Waals surface area contributed by atoms with Gasteiger partial charge in [0.2, 0.25) is 11.4 Å². The second kappa shape index (κ2) is 6.85. The second-order valence-electron chi connectivity index (χ2n) is 7.48. The number of benzene rings is 2. The summed E-state index contributed by atoms with van der Waals surface area (Å²) < 4.78 is 31.1. The fourth-order valence-corrected chi connectivity index (χ4v) is 3.99. The molecule has 29 heavy (non-hydrogen) atoms. The maximum Gasteiger partial charge on any atom is 0.227 e. The summed E-state index contributed by atoms with van der Waals surface area (Å²) in [7, 11) is 2.03. The van der Waals surface area contributed by atoms with Crippen LogP contribution in [0.4, 0.5) is 0 Å². The van der Waals surface area contributed by atoms with Gasteiger partial charge in [0.1, 0.15) is 12.6 Å². The van der Waals surface area contributed by atoms with E-state index >= 15 is 0 Å². The van der Waals surface area contributed by atoms with Gasteiger partial charge in [-0.25, -0.2) is 9.55 Å². The lowest BCUT2D eigenvalue weighted by molar-refractivity contribution is -0.660. The minimum Gasteiger partial charge on any atom is -0.438 e. The smallest absolute Gasteiger partial charge is 0.227 e. The first-order valence-corrected chi connectivity index (χ1v) is 9.67. The Morgan fingerprint density at radius 1 is 1.00 bits per heavy atom. The van der Waals surface area contributed by atoms with Crippen LogP contribution in [0.5, 0.6) is 0 Å². The topological polar surface area (TPSA) is 29.9 Å². The van der Waals surface area contributed by atoms with Crippen molar-refractivity contribution in [3.63, 3.8) is 0 Å². The maximum atomic E-state index is 7.66. The van der Waals surface area contributed by atoms with Crippen LogP contribution >= 0.6 is 0 Å². The predicted molar refractivity (Wildman–Crippen MR) is 117 cm³/mol. The lowest BCUT2D eigenvalue weighted by atomic mass is 9.96. The average Bonchev–Trinajstić information content (AvgIpc) is 3.13. The average molecular weight is 383 g/mol. The molecule has 0 unspecified atom stereocenters. The Labute approximate surface area is 174 Å². The third-order valence-electron chi connectivity index (χ3n) is 5.43. The molecule has 5 aromatic rings. The number of fused-ring (bicyclic) bond motifs is 3. The highest BCUT2D eigenvalue weighted by Gasteiger charge is 2.21. The van der Waals surface area contributed by atoms with Gasteiger partial charge in [-0.2, -0.15) is 0 Å². The molecule has 142 valence electrons. The van der Waals surface area contributed by atoms with Gasteiger partial charge in [0.25, 0.3) is 0 Å². The highest BCUT2D eigenvalue weighted by Crippen LogP contribution is 2.37. The fourth-order valence-electron chi connectivity index (χ4n) is 3.99. The number of furan rings is 1. The molecule has 0 amide bonds. The zero-order chi connectivity index (χ0) is 22.5. The van der Waals surface area contributed by atoms with E-state index in [1.54, 1.807) is 6.07 Å². The SMILES string of the molecule is [2H]C([2H])([2H])c1ccc2c(n1)oc1ccc(C)c(-c3cc(Cc4ccccc4)cc[n+]3C)c12. The van der Waals surface area contributed by atoms with Crippen molar-refractivity contribution in [2.75, 3.05) is 0 Å². The Hall–Kier alpha value is -3.46. The summed E-state index contributed by atoms with van der Waals surface area (Å²) in [4.78, 5) is 4.31. The highest BCUT2D eigenvalue weighted by molar-refractivity contribution is 6.11. The van der Waals surface area contributed by atoms with Crippen molar-refractivity contribution in [3.05, 3.63) is 95.3 Å². The molecule has 3 heteroatoms. The summed E-state index contributed by atoms with van der Waals surface area (Å²) >= 11 is 0. The van der Waals surface area contributed by atoms with Gasteiger partial charge in [-0.3, -0.25) is 0 Å². The molecule has 3 aromatic heterocycles. The van der Waals surface area contributed by atoms with Crippen LogP contribution in [-0.2, 0) is 13.5 Å². The van der Waals surface area contributed by atoms with E-state index in [1.807, 2.05) is 31.3 Å². The van der Waals surface area contributed by atoms with E-state index in [1.165, 1.54) is 11.1 Å². The van der Waals surface area contributed by atoms with Crippen molar-refractivity contribution < 1.29 is 13.1 Å². The fraction of sp³-hybridized carbons (Fsp3) is 0.154. The molecule has 0 saturated heterocycles. The van der Waals surface area contributed by atoms with E-state index in [9.17, 15) is 0 Å². The first-order valence-electron chi connectivity index (χ1n) is 11.2. The van der Waals surface area contributed by atoms with Crippen molar-refractivity contribution in [2.45, 2.75) is 20.2 Å². The molecule has 0 aliphatic carbocycles. The Morgan fingerprint density at radius 2 is 1.86 bits per heavy atom. The Bertz CT molecular complexity index is 1450. The van der Waals surface area contributed by atoms with Gasteiger partial charge in [0.15, 0.2) is 6.20 Å². The normalized spacial score (nSPS) is 13.4. The molecule has 5 rings (SSSR count). The Morgan fingerprint density at radius 3 is 2.69 bits per heavy atom. The number of pyridine rings is 2. The van der Waals surface area contributed by atoms with Crippen LogP contribution in [0.1, 0.15) is 26.5 Å². The monoisotopic (exact) mass is 382 g/mol. The van der Waals surface area contributed by atoms with Gasteiger partial charge >= 0.3 is 0 Å². The Kier molecular flexibility index (Phi) is 3.43. The van der Waals surface area contributed by atoms with Crippen LogP contribution in [-0.4, -0.2) is 4.98 Å². The summed E-state index contributed by atoms with van der Waals surface area (Å²) in [5.74, 6) is 0. The molecular formula is C26H23N2O+. The molecule has 0 N–H and O–H groups in total. The van der Waals surface area contributed by atoms with E-state index in [0.717, 1.165) is 34.0 Å². The molecule has 0 atom stereocenters. The van der Waals surface area contributed by atoms with Crippen molar-refractivity contribution >= 4 is 22.1 Å². The zero-order valence-corrected chi connectivity index (χ0v) is 16.4. The summed E-state index contributed by atoms with van der Waals surface area (Å²) in [6, 6.07) is 22.1. The molecule has 0 radical (unpaired) electrons. The molecule has 0 spiro atoms. The summed E-state index contributed by atoms with van der Waals surface area (Å²) in [6.07, 6.45) is 2.93. The van der Waals surface area contributed by atoms with Crippen molar-refractivity contribution in [2.24, 2.45) is 7.05 Å². The van der Waals surface area contributed by atoms with E-state index in [-0.39, 0.29) is 5.69 Å². The van der Waals surface area contributed by atoms with Gasteiger partial charge in [0.05, 0.1) is 5.56 Å². The lowest BCUT2D eigenvalue weighted by Crippen LogP contribution is -2.30. The van der Waals surface area contributed by atoms with E-state index in [4.69, 9.17) is 8.53 Å². The first kappa shape index (κ1) is 14.5. The van der Waals surface area contributed by atoms with Crippen LogP contribution in [0, 0.1) is 13.8 Å². The number of aromatic nitrogens is 2. The van der Waals surface area contributed by atoms with Crippen LogP contribution in [0.3, 0.4) is 0 Å². The minimum atomic E-state index is -2.27. The number of hydrogen-bond acceptors (Lipinski definition) is 2. The highest BCUT2D eigenvalue weighted by atomic mass is 16.3. The van der Waals surface area contributed by atoms with Crippen molar-refractivity contribution in [1.82, 2.24) is 4.98 Å². The van der Waals surface area contributed by atoms with Crippen molar-refractivity contribution in [1.29, 1.82) is 0 Å². The van der Waals surface area contributed by atoms with Crippen molar-refractivity contribution in [3.8, 4) is 11.3 Å². The summed E-state index contributed by atoms with van der Waals surface area (Å²) in [5.41, 5.74) is 6.83. The molecule has 0 aliphatic heterocycles. The number of hydrogen-bond donors (Lipinski definition) is 0. The number of aryl methyl sites for hydroxylation is 3. The van der Waals surface area contributed by atoms with Crippen LogP contribution in [0.2, 0.25) is 0 Å². The third-order valence-corrected chi connectivity index (χ3v) is 5.43. The van der Waals surface area contributed by atoms with Crippen LogP contribution in [0.15, 0.2) is 77.3 Å². The number of nitrogens with zero attached hydrogens (tertiary/aromatic N) is 2. The third kappa shape index (κ3) is 3.09. The first-order chi connectivity index (χ1) is 15.3. The maximum absolute atomic E-state index is 7.66. The Balaban J connectivity index is 1.71. The molecular weight excluding hydrogens is 356 g/mol. The molecule has 0 saturated carbocycles. The zero-order valence-electron chi connectivity index (χ0n) is 19.4. The molecule has 0 aliphatic rings. The summed E-state index contributed by atoms with van der Waals surface area (Å²) in [5, 5.41) is 1.78. The molecule has 0 fully saturated rings. The van der Waals surface area contributed by atoms with Crippen LogP contribution in [0.25, 0.3) is 33.3 Å². The van der Waals surface area contributed by atoms with Gasteiger partial charge in [-0.05, 0) is 55.1 Å². The lowest BCUT2D eigenvalue weighted by Gasteiger charge is -2.09. The largest absolute Gasteiger partial charge is 0.438 e. The van der Waals surface area contributed by atoms with E-state index in [0.29, 0.717) is 11.3 Å². The standard InChI is InChI=1S/C26H23N2O/c1-17-9-12-23-25(21-11-10-18(2)27-26(21)29-23)24(17)22-16-20(13-14-28(22)3)15-19-7-5-4-6-8-19/h4-14,16H,15H2,1-3H3/q+1/i2D3.